The van der Waals surface area contributed by atoms with Crippen molar-refractivity contribution in [1.29, 1.82) is 0 Å². The summed E-state index contributed by atoms with van der Waals surface area (Å²) in [5.41, 5.74) is 5.55. The molecule has 5 aromatic rings. The number of carbonyl (C=O) groups excluding carboxylic acids is 2. The molecule has 5 heteroatoms. The van der Waals surface area contributed by atoms with Gasteiger partial charge in [-0.2, -0.15) is 0 Å². The second-order valence-corrected chi connectivity index (χ2v) is 7.13. The van der Waals surface area contributed by atoms with Gasteiger partial charge in [0, 0.05) is 39.5 Å². The molecule has 0 fully saturated rings. The lowest BCUT2D eigenvalue weighted by molar-refractivity contribution is 0.111. The number of carbonyl (C=O) groups is 2. The first-order valence-corrected chi connectivity index (χ1v) is 9.82. The Bertz CT molecular complexity index is 1390. The Morgan fingerprint density at radius 1 is 0.645 bits per heavy atom. The predicted molar refractivity (Wildman–Crippen MR) is 121 cm³/mol. The lowest BCUT2D eigenvalue weighted by Gasteiger charge is -2.10. The van der Waals surface area contributed by atoms with Crippen molar-refractivity contribution in [3.05, 3.63) is 102 Å². The molecule has 0 aliphatic rings. The highest BCUT2D eigenvalue weighted by Crippen LogP contribution is 2.31. The number of hydrogen-bond donors (Lipinski definition) is 0. The van der Waals surface area contributed by atoms with Crippen molar-refractivity contribution in [2.75, 3.05) is 0 Å². The second-order valence-electron chi connectivity index (χ2n) is 7.13. The average molecular weight is 403 g/mol. The number of benzene rings is 3. The third-order valence-electron chi connectivity index (χ3n) is 5.20. The van der Waals surface area contributed by atoms with Crippen LogP contribution in [0.1, 0.15) is 20.7 Å². The van der Waals surface area contributed by atoms with Crippen molar-refractivity contribution in [2.45, 2.75) is 0 Å². The maximum atomic E-state index is 11.0. The van der Waals surface area contributed by atoms with E-state index in [0.717, 1.165) is 46.1 Å². The number of nitrogens with zero attached hydrogens (tertiary/aromatic N) is 3. The Morgan fingerprint density at radius 2 is 1.29 bits per heavy atom. The largest absolute Gasteiger partial charge is 0.301 e. The zero-order valence-corrected chi connectivity index (χ0v) is 16.5. The SMILES string of the molecule is O=Cc1ccc(-c2nc(-c3ccccc3)c3ccn(-c4ccc(C=O)cc4)c3n2)cc1. The molecular weight excluding hydrogens is 386 g/mol. The molecule has 0 saturated heterocycles. The smallest absolute Gasteiger partial charge is 0.162 e. The molecule has 148 valence electrons. The quantitative estimate of drug-likeness (QED) is 0.370. The summed E-state index contributed by atoms with van der Waals surface area (Å²) < 4.78 is 1.99. The summed E-state index contributed by atoms with van der Waals surface area (Å²) >= 11 is 0. The van der Waals surface area contributed by atoms with Crippen LogP contribution in [0, 0.1) is 0 Å². The Labute approximate surface area is 178 Å². The van der Waals surface area contributed by atoms with Gasteiger partial charge in [-0.15, -0.1) is 0 Å². The number of aldehydes is 2. The molecule has 0 spiro atoms. The fraction of sp³-hybridized carbons (Fsp3) is 0. The molecule has 0 aliphatic heterocycles. The molecular formula is C26H17N3O2. The first-order chi connectivity index (χ1) is 15.3. The molecule has 0 saturated carbocycles. The zero-order valence-electron chi connectivity index (χ0n) is 16.5. The van der Waals surface area contributed by atoms with E-state index in [1.54, 1.807) is 24.3 Å². The van der Waals surface area contributed by atoms with E-state index in [2.05, 4.69) is 0 Å². The van der Waals surface area contributed by atoms with E-state index in [-0.39, 0.29) is 0 Å². The van der Waals surface area contributed by atoms with E-state index in [0.29, 0.717) is 17.0 Å². The van der Waals surface area contributed by atoms with Crippen LogP contribution in [0.2, 0.25) is 0 Å². The fourth-order valence-corrected chi connectivity index (χ4v) is 3.59. The van der Waals surface area contributed by atoms with Gasteiger partial charge in [-0.1, -0.05) is 54.6 Å². The summed E-state index contributed by atoms with van der Waals surface area (Å²) in [4.78, 5) is 31.8. The summed E-state index contributed by atoms with van der Waals surface area (Å²) in [6.45, 7) is 0. The zero-order chi connectivity index (χ0) is 21.2. The van der Waals surface area contributed by atoms with Crippen molar-refractivity contribution in [3.63, 3.8) is 0 Å². The molecule has 31 heavy (non-hydrogen) atoms. The van der Waals surface area contributed by atoms with Gasteiger partial charge in [0.05, 0.1) is 5.69 Å². The molecule has 0 N–H and O–H groups in total. The van der Waals surface area contributed by atoms with Crippen molar-refractivity contribution in [1.82, 2.24) is 14.5 Å². The van der Waals surface area contributed by atoms with E-state index < -0.39 is 0 Å². The summed E-state index contributed by atoms with van der Waals surface area (Å²) in [6, 6.07) is 26.6. The molecule has 0 radical (unpaired) electrons. The second kappa shape index (κ2) is 7.80. The lowest BCUT2D eigenvalue weighted by atomic mass is 10.1. The van der Waals surface area contributed by atoms with Crippen molar-refractivity contribution < 1.29 is 9.59 Å². The van der Waals surface area contributed by atoms with E-state index in [1.807, 2.05) is 71.4 Å². The van der Waals surface area contributed by atoms with Crippen molar-refractivity contribution >= 4 is 23.6 Å². The Kier molecular flexibility index (Phi) is 4.69. The minimum absolute atomic E-state index is 0.577. The maximum absolute atomic E-state index is 11.0. The molecule has 2 aromatic heterocycles. The molecule has 0 unspecified atom stereocenters. The molecule has 5 nitrogen and oxygen atoms in total. The van der Waals surface area contributed by atoms with E-state index in [9.17, 15) is 9.59 Å². The maximum Gasteiger partial charge on any atom is 0.162 e. The van der Waals surface area contributed by atoms with Crippen LogP contribution in [0.5, 0.6) is 0 Å². The molecule has 0 atom stereocenters. The van der Waals surface area contributed by atoms with E-state index in [1.165, 1.54) is 0 Å². The van der Waals surface area contributed by atoms with Crippen LogP contribution < -0.4 is 0 Å². The van der Waals surface area contributed by atoms with E-state index in [4.69, 9.17) is 9.97 Å². The van der Waals surface area contributed by atoms with Gasteiger partial charge in [0.2, 0.25) is 0 Å². The molecule has 5 rings (SSSR count). The fourth-order valence-electron chi connectivity index (χ4n) is 3.59. The van der Waals surface area contributed by atoms with Crippen LogP contribution in [-0.2, 0) is 0 Å². The van der Waals surface area contributed by atoms with Gasteiger partial charge in [0.1, 0.15) is 18.2 Å². The summed E-state index contributed by atoms with van der Waals surface area (Å²) in [5.74, 6) is 0.577. The predicted octanol–water partition coefficient (Wildman–Crippen LogP) is 5.38. The average Bonchev–Trinajstić information content (AvgIpc) is 3.28. The van der Waals surface area contributed by atoms with Crippen LogP contribution in [-0.4, -0.2) is 27.1 Å². The topological polar surface area (TPSA) is 64.8 Å². The highest BCUT2D eigenvalue weighted by atomic mass is 16.1. The van der Waals surface area contributed by atoms with Gasteiger partial charge < -0.3 is 4.57 Å². The molecule has 3 aromatic carbocycles. The summed E-state index contributed by atoms with van der Waals surface area (Å²) in [6.07, 6.45) is 3.60. The summed E-state index contributed by atoms with van der Waals surface area (Å²) in [7, 11) is 0. The third-order valence-corrected chi connectivity index (χ3v) is 5.20. The minimum atomic E-state index is 0.577. The van der Waals surface area contributed by atoms with Crippen molar-refractivity contribution in [3.8, 4) is 28.3 Å². The van der Waals surface area contributed by atoms with Crippen LogP contribution in [0.3, 0.4) is 0 Å². The van der Waals surface area contributed by atoms with Gasteiger partial charge in [0.15, 0.2) is 5.82 Å². The molecule has 0 aliphatic carbocycles. The van der Waals surface area contributed by atoms with Crippen LogP contribution in [0.15, 0.2) is 91.1 Å². The van der Waals surface area contributed by atoms with Gasteiger partial charge >= 0.3 is 0 Å². The Balaban J connectivity index is 1.75. The van der Waals surface area contributed by atoms with Crippen LogP contribution >= 0.6 is 0 Å². The van der Waals surface area contributed by atoms with Crippen LogP contribution in [0.25, 0.3) is 39.4 Å². The summed E-state index contributed by atoms with van der Waals surface area (Å²) in [5, 5.41) is 0.930. The molecule has 2 heterocycles. The molecule has 0 bridgehead atoms. The Morgan fingerprint density at radius 3 is 1.94 bits per heavy atom. The monoisotopic (exact) mass is 403 g/mol. The van der Waals surface area contributed by atoms with Crippen LogP contribution in [0.4, 0.5) is 0 Å². The van der Waals surface area contributed by atoms with Gasteiger partial charge in [-0.25, -0.2) is 9.97 Å². The number of rotatable bonds is 5. The minimum Gasteiger partial charge on any atom is -0.301 e. The highest BCUT2D eigenvalue weighted by Gasteiger charge is 2.15. The number of fused-ring (bicyclic) bond motifs is 1. The first-order valence-electron chi connectivity index (χ1n) is 9.82. The Hall–Kier alpha value is -4.38. The normalized spacial score (nSPS) is 10.8. The number of hydrogen-bond acceptors (Lipinski definition) is 4. The number of aromatic nitrogens is 3. The van der Waals surface area contributed by atoms with Gasteiger partial charge in [-0.05, 0) is 30.3 Å². The molecule has 0 amide bonds. The van der Waals surface area contributed by atoms with Crippen molar-refractivity contribution in [2.24, 2.45) is 0 Å². The third kappa shape index (κ3) is 3.42. The highest BCUT2D eigenvalue weighted by molar-refractivity contribution is 5.93. The van der Waals surface area contributed by atoms with E-state index >= 15 is 0 Å². The van der Waals surface area contributed by atoms with Gasteiger partial charge in [-0.3, -0.25) is 9.59 Å². The lowest BCUT2D eigenvalue weighted by Crippen LogP contribution is -1.99. The standard InChI is InChI=1S/C26H17N3O2/c30-16-18-6-10-21(11-7-18)25-27-24(20-4-2-1-3-5-20)23-14-15-29(26(23)28-25)22-12-8-19(17-31)9-13-22/h1-17H. The first kappa shape index (κ1) is 18.6. The van der Waals surface area contributed by atoms with Gasteiger partial charge in [0.25, 0.3) is 0 Å².